The van der Waals surface area contributed by atoms with Crippen molar-refractivity contribution in [2.75, 3.05) is 26.7 Å². The van der Waals surface area contributed by atoms with Crippen molar-refractivity contribution >= 4 is 5.96 Å². The summed E-state index contributed by atoms with van der Waals surface area (Å²) in [5.74, 6) is 1.57. The summed E-state index contributed by atoms with van der Waals surface area (Å²) in [6.07, 6.45) is 1.02. The van der Waals surface area contributed by atoms with Gasteiger partial charge in [-0.05, 0) is 12.3 Å². The van der Waals surface area contributed by atoms with E-state index >= 15 is 0 Å². The molecule has 1 unspecified atom stereocenters. The highest BCUT2D eigenvalue weighted by molar-refractivity contribution is 5.81. The van der Waals surface area contributed by atoms with Crippen LogP contribution in [-0.2, 0) is 0 Å². The Morgan fingerprint density at radius 3 is 2.79 bits per heavy atom. The number of nitrogens with one attached hydrogen (secondary N) is 1. The van der Waals surface area contributed by atoms with Gasteiger partial charge < -0.3 is 16.0 Å². The molecule has 4 heteroatoms. The Morgan fingerprint density at radius 1 is 1.57 bits per heavy atom. The van der Waals surface area contributed by atoms with E-state index in [0.29, 0.717) is 12.0 Å². The van der Waals surface area contributed by atoms with E-state index < -0.39 is 0 Å². The minimum Gasteiger partial charge on any atom is -0.354 e. The smallest absolute Gasteiger partial charge is 0.193 e. The summed E-state index contributed by atoms with van der Waals surface area (Å²) in [4.78, 5) is 6.50. The summed E-state index contributed by atoms with van der Waals surface area (Å²) in [6, 6.07) is 0.291. The lowest BCUT2D eigenvalue weighted by Gasteiger charge is -2.22. The number of nitrogens with zero attached hydrogens (tertiary/aromatic N) is 2. The van der Waals surface area contributed by atoms with Crippen LogP contribution in [0.1, 0.15) is 20.3 Å². The first-order valence-electron chi connectivity index (χ1n) is 5.36. The molecule has 0 saturated heterocycles. The van der Waals surface area contributed by atoms with Crippen LogP contribution in [0.15, 0.2) is 4.99 Å². The lowest BCUT2D eigenvalue weighted by atomic mass is 10.0. The minimum absolute atomic E-state index is 0.291. The largest absolute Gasteiger partial charge is 0.354 e. The Labute approximate surface area is 86.6 Å². The van der Waals surface area contributed by atoms with Gasteiger partial charge in [-0.25, -0.2) is 0 Å². The van der Waals surface area contributed by atoms with Crippen molar-refractivity contribution < 1.29 is 0 Å². The van der Waals surface area contributed by atoms with Crippen molar-refractivity contribution in [3.05, 3.63) is 0 Å². The standard InChI is InChI=1S/C10H22N4/c1-8(2)9(11)4-7-14(3)10-12-5-6-13-10/h8-9H,4-7,11H2,1-3H3,(H,12,13). The van der Waals surface area contributed by atoms with Crippen LogP contribution in [0, 0.1) is 5.92 Å². The Hall–Kier alpha value is -0.770. The van der Waals surface area contributed by atoms with Gasteiger partial charge in [-0.15, -0.1) is 0 Å². The zero-order valence-corrected chi connectivity index (χ0v) is 9.45. The Morgan fingerprint density at radius 2 is 2.29 bits per heavy atom. The molecule has 0 radical (unpaired) electrons. The maximum Gasteiger partial charge on any atom is 0.193 e. The normalized spacial score (nSPS) is 17.9. The second kappa shape index (κ2) is 5.20. The molecule has 1 atom stereocenters. The molecular formula is C10H22N4. The molecule has 1 aliphatic rings. The first-order chi connectivity index (χ1) is 6.61. The van der Waals surface area contributed by atoms with Crippen LogP contribution in [0.25, 0.3) is 0 Å². The number of guanidine groups is 1. The lowest BCUT2D eigenvalue weighted by molar-refractivity contribution is 0.395. The van der Waals surface area contributed by atoms with Crippen LogP contribution < -0.4 is 11.1 Å². The zero-order chi connectivity index (χ0) is 10.6. The molecule has 1 rings (SSSR count). The Kier molecular flexibility index (Phi) is 4.20. The van der Waals surface area contributed by atoms with E-state index in [1.807, 2.05) is 0 Å². The van der Waals surface area contributed by atoms with Crippen LogP contribution in [-0.4, -0.2) is 43.6 Å². The maximum atomic E-state index is 5.98. The van der Waals surface area contributed by atoms with Gasteiger partial charge in [-0.1, -0.05) is 13.8 Å². The summed E-state index contributed by atoms with van der Waals surface area (Å²) in [7, 11) is 2.06. The van der Waals surface area contributed by atoms with E-state index in [9.17, 15) is 0 Å². The van der Waals surface area contributed by atoms with Gasteiger partial charge >= 0.3 is 0 Å². The van der Waals surface area contributed by atoms with Gasteiger partial charge in [0.2, 0.25) is 0 Å². The number of aliphatic imine (C=N–C) groups is 1. The van der Waals surface area contributed by atoms with Gasteiger partial charge in [0.1, 0.15) is 0 Å². The third kappa shape index (κ3) is 3.18. The summed E-state index contributed by atoms with van der Waals surface area (Å²) in [5.41, 5.74) is 5.98. The van der Waals surface area contributed by atoms with Crippen LogP contribution in [0.2, 0.25) is 0 Å². The molecule has 0 spiro atoms. The van der Waals surface area contributed by atoms with Crippen LogP contribution in [0.5, 0.6) is 0 Å². The fourth-order valence-electron chi connectivity index (χ4n) is 1.42. The van der Waals surface area contributed by atoms with Gasteiger partial charge in [0.15, 0.2) is 5.96 Å². The van der Waals surface area contributed by atoms with Crippen molar-refractivity contribution in [1.82, 2.24) is 10.2 Å². The second-order valence-electron chi connectivity index (χ2n) is 4.25. The molecule has 0 aromatic carbocycles. The summed E-state index contributed by atoms with van der Waals surface area (Å²) in [5, 5.41) is 3.24. The van der Waals surface area contributed by atoms with Crippen molar-refractivity contribution in [2.45, 2.75) is 26.3 Å². The van der Waals surface area contributed by atoms with Gasteiger partial charge in [-0.3, -0.25) is 4.99 Å². The quantitative estimate of drug-likeness (QED) is 0.681. The first kappa shape index (κ1) is 11.3. The van der Waals surface area contributed by atoms with Crippen molar-refractivity contribution in [3.63, 3.8) is 0 Å². The molecule has 82 valence electrons. The van der Waals surface area contributed by atoms with Crippen molar-refractivity contribution in [2.24, 2.45) is 16.6 Å². The highest BCUT2D eigenvalue weighted by atomic mass is 15.3. The van der Waals surface area contributed by atoms with Crippen LogP contribution in [0.4, 0.5) is 0 Å². The van der Waals surface area contributed by atoms with E-state index in [4.69, 9.17) is 5.73 Å². The fourth-order valence-corrected chi connectivity index (χ4v) is 1.42. The van der Waals surface area contributed by atoms with Crippen molar-refractivity contribution in [3.8, 4) is 0 Å². The molecule has 0 aromatic rings. The van der Waals surface area contributed by atoms with E-state index in [-0.39, 0.29) is 0 Å². The average Bonchev–Trinajstić information content (AvgIpc) is 2.66. The molecule has 4 nitrogen and oxygen atoms in total. The van der Waals surface area contributed by atoms with E-state index in [0.717, 1.165) is 32.0 Å². The molecule has 0 saturated carbocycles. The van der Waals surface area contributed by atoms with E-state index in [2.05, 4.69) is 36.1 Å². The number of nitrogens with two attached hydrogens (primary N) is 1. The van der Waals surface area contributed by atoms with Crippen LogP contribution >= 0.6 is 0 Å². The van der Waals surface area contributed by atoms with E-state index in [1.54, 1.807) is 0 Å². The highest BCUT2D eigenvalue weighted by Gasteiger charge is 2.13. The molecule has 1 aliphatic heterocycles. The summed E-state index contributed by atoms with van der Waals surface area (Å²) in [6.45, 7) is 7.17. The Bertz CT molecular complexity index is 200. The third-order valence-corrected chi connectivity index (χ3v) is 2.67. The van der Waals surface area contributed by atoms with Gasteiger partial charge in [0.25, 0.3) is 0 Å². The van der Waals surface area contributed by atoms with E-state index in [1.165, 1.54) is 0 Å². The SMILES string of the molecule is CC(C)C(N)CCN(C)C1=NCCN1. The van der Waals surface area contributed by atoms with Crippen molar-refractivity contribution in [1.29, 1.82) is 0 Å². The number of hydrogen-bond donors (Lipinski definition) is 2. The topological polar surface area (TPSA) is 53.6 Å². The molecule has 0 bridgehead atoms. The summed E-state index contributed by atoms with van der Waals surface area (Å²) >= 11 is 0. The predicted octanol–water partition coefficient (Wildman–Crippen LogP) is 0.251. The zero-order valence-electron chi connectivity index (χ0n) is 9.45. The first-order valence-corrected chi connectivity index (χ1v) is 5.36. The molecule has 14 heavy (non-hydrogen) atoms. The molecule has 1 heterocycles. The van der Waals surface area contributed by atoms with Crippen LogP contribution in [0.3, 0.4) is 0 Å². The molecule has 0 fully saturated rings. The fraction of sp³-hybridized carbons (Fsp3) is 0.900. The maximum absolute atomic E-state index is 5.98. The third-order valence-electron chi connectivity index (χ3n) is 2.67. The highest BCUT2D eigenvalue weighted by Crippen LogP contribution is 2.04. The number of hydrogen-bond acceptors (Lipinski definition) is 4. The Balaban J connectivity index is 2.23. The lowest BCUT2D eigenvalue weighted by Crippen LogP contribution is -2.39. The summed E-state index contributed by atoms with van der Waals surface area (Å²) < 4.78 is 0. The average molecular weight is 198 g/mol. The predicted molar refractivity (Wildman–Crippen MR) is 60.4 cm³/mol. The molecular weight excluding hydrogens is 176 g/mol. The van der Waals surface area contributed by atoms with Gasteiger partial charge in [-0.2, -0.15) is 0 Å². The molecule has 3 N–H and O–H groups in total. The van der Waals surface area contributed by atoms with Gasteiger partial charge in [0, 0.05) is 26.2 Å². The van der Waals surface area contributed by atoms with Gasteiger partial charge in [0.05, 0.1) is 6.54 Å². The molecule has 0 aliphatic carbocycles. The second-order valence-corrected chi connectivity index (χ2v) is 4.25. The minimum atomic E-state index is 0.291. The molecule has 0 aromatic heterocycles. The number of rotatable bonds is 4. The monoisotopic (exact) mass is 198 g/mol. The molecule has 0 amide bonds.